The molecule has 2 rings (SSSR count). The lowest BCUT2D eigenvalue weighted by molar-refractivity contribution is -0.0253. The van der Waals surface area contributed by atoms with Gasteiger partial charge in [0.05, 0.1) is 0 Å². The highest BCUT2D eigenvalue weighted by atomic mass is 16.7. The quantitative estimate of drug-likeness (QED) is 0.658. The van der Waals surface area contributed by atoms with E-state index in [1.165, 1.54) is 0 Å². The lowest BCUT2D eigenvalue weighted by Crippen LogP contribution is -2.44. The van der Waals surface area contributed by atoms with Crippen molar-refractivity contribution >= 4 is 11.9 Å². The molecular weight excluding hydrogens is 232 g/mol. The van der Waals surface area contributed by atoms with Crippen molar-refractivity contribution in [3.8, 4) is 0 Å². The lowest BCUT2D eigenvalue weighted by Gasteiger charge is -2.34. The van der Waals surface area contributed by atoms with Crippen LogP contribution in [0.3, 0.4) is 0 Å². The standard InChI is InChI=1S/C14H16O4/c15-12(11-7-3-1-4-8-11)14(18-13(16)17)9-5-2-6-10-14/h1,3-4,7-8H,2,5-6,9-10H2,(H,16,17). The largest absolute Gasteiger partial charge is 0.506 e. The van der Waals surface area contributed by atoms with E-state index in [0.29, 0.717) is 18.4 Å². The monoisotopic (exact) mass is 248 g/mol. The maximum atomic E-state index is 12.5. The first-order valence-electron chi connectivity index (χ1n) is 6.16. The summed E-state index contributed by atoms with van der Waals surface area (Å²) < 4.78 is 4.96. The third kappa shape index (κ3) is 2.53. The first kappa shape index (κ1) is 12.6. The topological polar surface area (TPSA) is 63.6 Å². The van der Waals surface area contributed by atoms with Gasteiger partial charge in [-0.3, -0.25) is 4.79 Å². The van der Waals surface area contributed by atoms with Crippen molar-refractivity contribution in [1.29, 1.82) is 0 Å². The Morgan fingerprint density at radius 1 is 1.06 bits per heavy atom. The Bertz CT molecular complexity index is 432. The van der Waals surface area contributed by atoms with Crippen molar-refractivity contribution in [2.45, 2.75) is 37.7 Å². The summed E-state index contributed by atoms with van der Waals surface area (Å²) in [5.74, 6) is -0.217. The van der Waals surface area contributed by atoms with Crippen LogP contribution in [0.2, 0.25) is 0 Å². The Morgan fingerprint density at radius 3 is 2.22 bits per heavy atom. The minimum Gasteiger partial charge on any atom is -0.450 e. The van der Waals surface area contributed by atoms with Gasteiger partial charge in [-0.25, -0.2) is 4.79 Å². The van der Waals surface area contributed by atoms with E-state index in [0.717, 1.165) is 19.3 Å². The van der Waals surface area contributed by atoms with Crippen LogP contribution in [0, 0.1) is 0 Å². The molecule has 96 valence electrons. The number of benzene rings is 1. The Morgan fingerprint density at radius 2 is 1.67 bits per heavy atom. The Hall–Kier alpha value is -1.84. The smallest absolute Gasteiger partial charge is 0.450 e. The minimum atomic E-state index is -1.37. The molecule has 1 fully saturated rings. The van der Waals surface area contributed by atoms with E-state index >= 15 is 0 Å². The molecule has 0 saturated heterocycles. The van der Waals surface area contributed by atoms with Gasteiger partial charge in [-0.05, 0) is 25.7 Å². The average Bonchev–Trinajstić information content (AvgIpc) is 2.39. The molecule has 1 aliphatic carbocycles. The molecule has 1 saturated carbocycles. The second kappa shape index (κ2) is 5.21. The summed E-state index contributed by atoms with van der Waals surface area (Å²) in [6.45, 7) is 0. The van der Waals surface area contributed by atoms with Crippen LogP contribution in [0.1, 0.15) is 42.5 Å². The summed E-state index contributed by atoms with van der Waals surface area (Å²) in [4.78, 5) is 23.3. The zero-order chi connectivity index (χ0) is 13.0. The maximum absolute atomic E-state index is 12.5. The molecular formula is C14H16O4. The fraction of sp³-hybridized carbons (Fsp3) is 0.429. The Kier molecular flexibility index (Phi) is 3.65. The number of ether oxygens (including phenoxy) is 1. The van der Waals surface area contributed by atoms with Gasteiger partial charge >= 0.3 is 6.16 Å². The molecule has 0 aromatic heterocycles. The fourth-order valence-electron chi connectivity index (χ4n) is 2.52. The van der Waals surface area contributed by atoms with E-state index in [2.05, 4.69) is 0 Å². The van der Waals surface area contributed by atoms with Crippen molar-refractivity contribution in [3.63, 3.8) is 0 Å². The fourth-order valence-corrected chi connectivity index (χ4v) is 2.52. The molecule has 0 bridgehead atoms. The number of carboxylic acid groups (broad SMARTS) is 1. The number of hydrogen-bond donors (Lipinski definition) is 1. The molecule has 18 heavy (non-hydrogen) atoms. The molecule has 1 aromatic rings. The van der Waals surface area contributed by atoms with E-state index < -0.39 is 11.8 Å². The molecule has 0 heterocycles. The summed E-state index contributed by atoms with van der Waals surface area (Å²) in [5.41, 5.74) is -0.661. The van der Waals surface area contributed by atoms with Crippen LogP contribution in [0.15, 0.2) is 30.3 Å². The van der Waals surface area contributed by atoms with Crippen molar-refractivity contribution < 1.29 is 19.4 Å². The van der Waals surface area contributed by atoms with Gasteiger partial charge in [0.2, 0.25) is 5.78 Å². The molecule has 0 amide bonds. The number of carbonyl (C=O) groups is 2. The molecule has 1 aliphatic rings. The Balaban J connectivity index is 2.28. The average molecular weight is 248 g/mol. The van der Waals surface area contributed by atoms with Crippen molar-refractivity contribution in [3.05, 3.63) is 35.9 Å². The second-order valence-electron chi connectivity index (χ2n) is 4.62. The predicted octanol–water partition coefficient (Wildman–Crippen LogP) is 3.27. The third-order valence-electron chi connectivity index (χ3n) is 3.39. The number of carbonyl (C=O) groups excluding carboxylic acids is 1. The lowest BCUT2D eigenvalue weighted by atomic mass is 9.79. The van der Waals surface area contributed by atoms with Crippen LogP contribution in [-0.2, 0) is 4.74 Å². The van der Waals surface area contributed by atoms with Crippen LogP contribution in [0.25, 0.3) is 0 Å². The molecule has 0 aliphatic heterocycles. The van der Waals surface area contributed by atoms with E-state index in [9.17, 15) is 9.59 Å². The van der Waals surface area contributed by atoms with E-state index in [1.807, 2.05) is 6.07 Å². The predicted molar refractivity (Wildman–Crippen MR) is 65.7 cm³/mol. The summed E-state index contributed by atoms with van der Waals surface area (Å²) in [7, 11) is 0. The number of hydrogen-bond acceptors (Lipinski definition) is 3. The van der Waals surface area contributed by atoms with Crippen LogP contribution < -0.4 is 0 Å². The van der Waals surface area contributed by atoms with Crippen molar-refractivity contribution in [1.82, 2.24) is 0 Å². The van der Waals surface area contributed by atoms with Crippen LogP contribution in [-0.4, -0.2) is 22.6 Å². The number of ketones is 1. The molecule has 0 spiro atoms. The molecule has 0 atom stereocenters. The molecule has 4 heteroatoms. The van der Waals surface area contributed by atoms with Gasteiger partial charge in [-0.1, -0.05) is 36.8 Å². The third-order valence-corrected chi connectivity index (χ3v) is 3.39. The minimum absolute atomic E-state index is 0.217. The SMILES string of the molecule is O=C(O)OC1(C(=O)c2ccccc2)CCCCC1. The molecule has 4 nitrogen and oxygen atoms in total. The van der Waals surface area contributed by atoms with Gasteiger partial charge in [0.25, 0.3) is 0 Å². The van der Waals surface area contributed by atoms with Crippen LogP contribution in [0.5, 0.6) is 0 Å². The van der Waals surface area contributed by atoms with Crippen molar-refractivity contribution in [2.24, 2.45) is 0 Å². The first-order valence-corrected chi connectivity index (χ1v) is 6.16. The van der Waals surface area contributed by atoms with E-state index in [1.54, 1.807) is 24.3 Å². The van der Waals surface area contributed by atoms with Gasteiger partial charge in [-0.15, -0.1) is 0 Å². The van der Waals surface area contributed by atoms with E-state index in [4.69, 9.17) is 9.84 Å². The van der Waals surface area contributed by atoms with Gasteiger partial charge in [-0.2, -0.15) is 0 Å². The van der Waals surface area contributed by atoms with E-state index in [-0.39, 0.29) is 5.78 Å². The Labute approximate surface area is 106 Å². The van der Waals surface area contributed by atoms with Gasteiger partial charge < -0.3 is 9.84 Å². The molecule has 1 N–H and O–H groups in total. The zero-order valence-corrected chi connectivity index (χ0v) is 10.1. The van der Waals surface area contributed by atoms with Crippen LogP contribution >= 0.6 is 0 Å². The highest BCUT2D eigenvalue weighted by Gasteiger charge is 2.43. The first-order chi connectivity index (χ1) is 8.64. The number of Topliss-reactive ketones (excluding diaryl/α,β-unsaturated/α-hetero) is 1. The zero-order valence-electron chi connectivity index (χ0n) is 10.1. The molecule has 0 radical (unpaired) electrons. The maximum Gasteiger partial charge on any atom is 0.506 e. The summed E-state index contributed by atoms with van der Waals surface area (Å²) in [6.07, 6.45) is 2.26. The highest BCUT2D eigenvalue weighted by Crippen LogP contribution is 2.34. The van der Waals surface area contributed by atoms with Gasteiger partial charge in [0.1, 0.15) is 0 Å². The summed E-state index contributed by atoms with van der Waals surface area (Å²) in [6, 6.07) is 8.76. The summed E-state index contributed by atoms with van der Waals surface area (Å²) in [5, 5.41) is 8.85. The van der Waals surface area contributed by atoms with Gasteiger partial charge in [0.15, 0.2) is 5.60 Å². The molecule has 1 aromatic carbocycles. The van der Waals surface area contributed by atoms with Crippen molar-refractivity contribution in [2.75, 3.05) is 0 Å². The second-order valence-corrected chi connectivity index (χ2v) is 4.62. The number of rotatable bonds is 3. The normalized spacial score (nSPS) is 18.0. The molecule has 0 unspecified atom stereocenters. The van der Waals surface area contributed by atoms with Crippen LogP contribution in [0.4, 0.5) is 4.79 Å². The highest BCUT2D eigenvalue weighted by molar-refractivity contribution is 6.03. The summed E-state index contributed by atoms with van der Waals surface area (Å²) >= 11 is 0. The van der Waals surface area contributed by atoms with Gasteiger partial charge in [0, 0.05) is 5.56 Å².